The minimum absolute atomic E-state index is 0.0785. The number of thiophene rings is 1. The van der Waals surface area contributed by atoms with Gasteiger partial charge in [-0.1, -0.05) is 13.3 Å². The van der Waals surface area contributed by atoms with E-state index in [1.807, 2.05) is 6.92 Å². The number of aliphatic hydroxyl groups is 3. The number of nitrogens with zero attached hydrogens (tertiary/aromatic N) is 1. The predicted molar refractivity (Wildman–Crippen MR) is 107 cm³/mol. The van der Waals surface area contributed by atoms with Crippen molar-refractivity contribution in [3.05, 3.63) is 16.0 Å². The van der Waals surface area contributed by atoms with Gasteiger partial charge in [0.05, 0.1) is 27.6 Å². The Morgan fingerprint density at radius 3 is 2.48 bits per heavy atom. The van der Waals surface area contributed by atoms with E-state index in [4.69, 9.17) is 16.2 Å². The molecule has 1 aromatic heterocycles. The standard InChI is InChI=1S/C19H31N3O4S/c1-3-18(21)12(10-23)13-14(16(20)27-15(13)19(18,24)25)17(22-4-2)26-11-8-6-5-7-9-11/h11-12,23-25H,3-10,20-21H2,1-2H3. The molecule has 7 nitrogen and oxygen atoms in total. The molecule has 2 unspecified atom stereocenters. The number of aliphatic hydroxyl groups excluding tert-OH is 1. The Labute approximate surface area is 164 Å². The third kappa shape index (κ3) is 3.17. The number of rotatable bonds is 5. The average molecular weight is 398 g/mol. The lowest BCUT2D eigenvalue weighted by molar-refractivity contribution is -0.215. The van der Waals surface area contributed by atoms with Crippen molar-refractivity contribution in [2.75, 3.05) is 18.9 Å². The first-order valence-electron chi connectivity index (χ1n) is 9.80. The van der Waals surface area contributed by atoms with Crippen LogP contribution < -0.4 is 11.5 Å². The molecule has 0 radical (unpaired) electrons. The summed E-state index contributed by atoms with van der Waals surface area (Å²) in [5, 5.41) is 32.1. The number of hydrogen-bond acceptors (Lipinski definition) is 8. The molecule has 0 spiro atoms. The predicted octanol–water partition coefficient (Wildman–Crippen LogP) is 1.78. The van der Waals surface area contributed by atoms with Gasteiger partial charge in [0.1, 0.15) is 6.10 Å². The van der Waals surface area contributed by atoms with Gasteiger partial charge in [-0.25, -0.2) is 0 Å². The van der Waals surface area contributed by atoms with E-state index >= 15 is 0 Å². The van der Waals surface area contributed by atoms with Crippen LogP contribution in [0.15, 0.2) is 4.99 Å². The smallest absolute Gasteiger partial charge is 0.219 e. The zero-order valence-electron chi connectivity index (χ0n) is 16.1. The Morgan fingerprint density at radius 1 is 1.26 bits per heavy atom. The van der Waals surface area contributed by atoms with Crippen molar-refractivity contribution in [2.24, 2.45) is 10.7 Å². The van der Waals surface area contributed by atoms with Gasteiger partial charge in [-0.3, -0.25) is 4.99 Å². The minimum Gasteiger partial charge on any atom is -0.474 e. The summed E-state index contributed by atoms with van der Waals surface area (Å²) >= 11 is 1.09. The van der Waals surface area contributed by atoms with E-state index < -0.39 is 17.2 Å². The second-order valence-electron chi connectivity index (χ2n) is 7.54. The summed E-state index contributed by atoms with van der Waals surface area (Å²) in [4.78, 5) is 4.81. The van der Waals surface area contributed by atoms with Gasteiger partial charge in [-0.15, -0.1) is 11.3 Å². The van der Waals surface area contributed by atoms with Gasteiger partial charge < -0.3 is 31.5 Å². The lowest BCUT2D eigenvalue weighted by atomic mass is 9.80. The van der Waals surface area contributed by atoms with Gasteiger partial charge in [-0.2, -0.15) is 0 Å². The fourth-order valence-electron chi connectivity index (χ4n) is 4.39. The maximum atomic E-state index is 10.8. The SMILES string of the molecule is CCN=C(OC1CCCCC1)c1c(N)sc2c1C(CO)C(N)(CC)C2(O)O. The first-order chi connectivity index (χ1) is 12.8. The van der Waals surface area contributed by atoms with E-state index in [9.17, 15) is 15.3 Å². The Hall–Kier alpha value is -1.19. The molecule has 0 saturated heterocycles. The molecule has 27 heavy (non-hydrogen) atoms. The molecule has 7 N–H and O–H groups in total. The molecule has 1 fully saturated rings. The fourth-order valence-corrected chi connectivity index (χ4v) is 5.60. The first kappa shape index (κ1) is 20.5. The maximum absolute atomic E-state index is 10.8. The molecule has 3 rings (SSSR count). The molecule has 8 heteroatoms. The number of nitrogens with two attached hydrogens (primary N) is 2. The van der Waals surface area contributed by atoms with Crippen LogP contribution in [0.3, 0.4) is 0 Å². The van der Waals surface area contributed by atoms with E-state index in [2.05, 4.69) is 4.99 Å². The van der Waals surface area contributed by atoms with E-state index in [1.165, 1.54) is 6.42 Å². The van der Waals surface area contributed by atoms with Gasteiger partial charge in [-0.05, 0) is 44.6 Å². The molecule has 0 amide bonds. The summed E-state index contributed by atoms with van der Waals surface area (Å²) in [6.07, 6.45) is 5.77. The summed E-state index contributed by atoms with van der Waals surface area (Å²) in [5.41, 5.74) is 12.4. The maximum Gasteiger partial charge on any atom is 0.219 e. The second-order valence-corrected chi connectivity index (χ2v) is 8.59. The van der Waals surface area contributed by atoms with E-state index in [-0.39, 0.29) is 24.0 Å². The molecule has 0 bridgehead atoms. The topological polar surface area (TPSA) is 134 Å². The molecule has 2 aliphatic carbocycles. The van der Waals surface area contributed by atoms with Gasteiger partial charge in [0.15, 0.2) is 0 Å². The molecule has 1 aromatic rings. The summed E-state index contributed by atoms with van der Waals surface area (Å²) in [7, 11) is 0. The lowest BCUT2D eigenvalue weighted by Crippen LogP contribution is -2.58. The van der Waals surface area contributed by atoms with Crippen molar-refractivity contribution in [2.45, 2.75) is 75.7 Å². The Kier molecular flexibility index (Phi) is 5.84. The van der Waals surface area contributed by atoms with Crippen LogP contribution in [0.5, 0.6) is 0 Å². The molecule has 1 saturated carbocycles. The summed E-state index contributed by atoms with van der Waals surface area (Å²) in [6.45, 7) is 3.90. The van der Waals surface area contributed by atoms with Crippen LogP contribution in [0.25, 0.3) is 0 Å². The van der Waals surface area contributed by atoms with Crippen molar-refractivity contribution < 1.29 is 20.1 Å². The van der Waals surface area contributed by atoms with Crippen LogP contribution in [-0.4, -0.2) is 46.0 Å². The van der Waals surface area contributed by atoms with Crippen LogP contribution in [0.1, 0.15) is 74.3 Å². The van der Waals surface area contributed by atoms with Gasteiger partial charge in [0, 0.05) is 12.5 Å². The van der Waals surface area contributed by atoms with Crippen molar-refractivity contribution in [3.8, 4) is 0 Å². The third-order valence-electron chi connectivity index (χ3n) is 6.02. The Morgan fingerprint density at radius 2 is 1.93 bits per heavy atom. The lowest BCUT2D eigenvalue weighted by Gasteiger charge is -2.38. The zero-order chi connectivity index (χ0) is 19.8. The minimum atomic E-state index is -2.26. The van der Waals surface area contributed by atoms with Crippen LogP contribution in [0, 0.1) is 0 Å². The van der Waals surface area contributed by atoms with E-state index in [0.717, 1.165) is 37.0 Å². The highest BCUT2D eigenvalue weighted by molar-refractivity contribution is 7.16. The number of nitrogen functional groups attached to an aromatic ring is 1. The van der Waals surface area contributed by atoms with E-state index in [1.54, 1.807) is 6.92 Å². The van der Waals surface area contributed by atoms with Gasteiger partial charge in [0.25, 0.3) is 0 Å². The largest absolute Gasteiger partial charge is 0.474 e. The van der Waals surface area contributed by atoms with Crippen molar-refractivity contribution in [1.29, 1.82) is 0 Å². The molecule has 1 heterocycles. The van der Waals surface area contributed by atoms with Crippen LogP contribution in [0.2, 0.25) is 0 Å². The van der Waals surface area contributed by atoms with E-state index in [0.29, 0.717) is 28.6 Å². The molecule has 0 aliphatic heterocycles. The van der Waals surface area contributed by atoms with Crippen molar-refractivity contribution >= 4 is 22.2 Å². The molecule has 2 aliphatic rings. The Bertz CT molecular complexity index is 712. The fraction of sp³-hybridized carbons (Fsp3) is 0.737. The molecule has 2 atom stereocenters. The van der Waals surface area contributed by atoms with Gasteiger partial charge >= 0.3 is 0 Å². The first-order valence-corrected chi connectivity index (χ1v) is 10.6. The number of hydrogen-bond donors (Lipinski definition) is 5. The molecular weight excluding hydrogens is 366 g/mol. The number of fused-ring (bicyclic) bond motifs is 1. The normalized spacial score (nSPS) is 28.4. The van der Waals surface area contributed by atoms with Gasteiger partial charge in [0.2, 0.25) is 11.7 Å². The molecule has 152 valence electrons. The number of ether oxygens (including phenoxy) is 1. The number of anilines is 1. The van der Waals surface area contributed by atoms with Crippen LogP contribution in [-0.2, 0) is 10.5 Å². The van der Waals surface area contributed by atoms with Crippen LogP contribution >= 0.6 is 11.3 Å². The number of aliphatic imine (C=N–C) groups is 1. The second kappa shape index (κ2) is 7.67. The summed E-state index contributed by atoms with van der Waals surface area (Å²) in [6, 6.07) is 0. The quantitative estimate of drug-likeness (QED) is 0.292. The Balaban J connectivity index is 2.08. The van der Waals surface area contributed by atoms with Crippen LogP contribution in [0.4, 0.5) is 5.00 Å². The highest BCUT2D eigenvalue weighted by atomic mass is 32.1. The van der Waals surface area contributed by atoms with Crippen molar-refractivity contribution in [1.82, 2.24) is 0 Å². The molecule has 0 aromatic carbocycles. The molecular formula is C19H31N3O4S. The highest BCUT2D eigenvalue weighted by Crippen LogP contribution is 2.56. The summed E-state index contributed by atoms with van der Waals surface area (Å²) < 4.78 is 6.24. The van der Waals surface area contributed by atoms with Crippen molar-refractivity contribution in [3.63, 3.8) is 0 Å². The summed E-state index contributed by atoms with van der Waals surface area (Å²) in [5.74, 6) is -2.49. The third-order valence-corrected chi connectivity index (χ3v) is 7.15. The average Bonchev–Trinajstić information content (AvgIpc) is 3.06. The monoisotopic (exact) mass is 397 g/mol. The zero-order valence-corrected chi connectivity index (χ0v) is 16.9. The highest BCUT2D eigenvalue weighted by Gasteiger charge is 2.61.